The zero-order chi connectivity index (χ0) is 28.6. The summed E-state index contributed by atoms with van der Waals surface area (Å²) < 4.78 is 4.93. The second-order valence-corrected chi connectivity index (χ2v) is 11.2. The van der Waals surface area contributed by atoms with Crippen molar-refractivity contribution in [3.05, 3.63) is 94.1 Å². The van der Waals surface area contributed by atoms with E-state index in [1.54, 1.807) is 30.3 Å². The zero-order valence-corrected chi connectivity index (χ0v) is 22.9. The predicted molar refractivity (Wildman–Crippen MR) is 153 cm³/mol. The molecular weight excluding hydrogens is 544 g/mol. The average Bonchev–Trinajstić information content (AvgIpc) is 3.68. The van der Waals surface area contributed by atoms with Crippen LogP contribution in [0.25, 0.3) is 10.9 Å². The van der Waals surface area contributed by atoms with Gasteiger partial charge in [-0.25, -0.2) is 9.69 Å². The summed E-state index contributed by atoms with van der Waals surface area (Å²) in [5, 5.41) is 7.83. The van der Waals surface area contributed by atoms with Crippen LogP contribution in [0.5, 0.6) is 0 Å². The van der Waals surface area contributed by atoms with E-state index in [9.17, 15) is 19.2 Å². The lowest BCUT2D eigenvalue weighted by molar-refractivity contribution is -0.130. The number of aromatic nitrogens is 1. The Balaban J connectivity index is 1.41. The van der Waals surface area contributed by atoms with Crippen molar-refractivity contribution >= 4 is 57.6 Å². The molecule has 10 heteroatoms. The van der Waals surface area contributed by atoms with Crippen molar-refractivity contribution in [2.24, 2.45) is 11.8 Å². The number of esters is 1. The summed E-state index contributed by atoms with van der Waals surface area (Å²) in [4.78, 5) is 59.6. The van der Waals surface area contributed by atoms with E-state index in [0.29, 0.717) is 22.7 Å². The van der Waals surface area contributed by atoms with Crippen LogP contribution >= 0.6 is 11.6 Å². The lowest BCUT2D eigenvalue weighted by Gasteiger charge is -2.30. The van der Waals surface area contributed by atoms with Crippen molar-refractivity contribution in [1.82, 2.24) is 10.3 Å². The topological polar surface area (TPSA) is 121 Å². The Morgan fingerprint density at radius 2 is 1.80 bits per heavy atom. The van der Waals surface area contributed by atoms with Gasteiger partial charge in [-0.3, -0.25) is 19.7 Å². The molecular formula is C31H25ClN4O5. The van der Waals surface area contributed by atoms with Crippen LogP contribution in [0.4, 0.5) is 11.4 Å². The van der Waals surface area contributed by atoms with E-state index in [0.717, 1.165) is 26.9 Å². The number of aryl methyl sites for hydroxylation is 1. The molecule has 1 aromatic heterocycles. The number of nitrogens with zero attached hydrogens (tertiary/aromatic N) is 1. The van der Waals surface area contributed by atoms with Gasteiger partial charge in [-0.2, -0.15) is 0 Å². The summed E-state index contributed by atoms with van der Waals surface area (Å²) in [5.74, 6) is -4.10. The number of halogens is 1. The number of hydrogen-bond donors (Lipinski definition) is 3. The fourth-order valence-corrected chi connectivity index (χ4v) is 7.21. The van der Waals surface area contributed by atoms with Gasteiger partial charge >= 0.3 is 5.97 Å². The minimum Gasteiger partial charge on any atom is -0.465 e. The SMILES string of the molecule is COC(=O)c1ccccc1N1C(=O)[C@H]2[C@@H](C1=O)[C@@]1(N[C@@H]2Cc2c[nH]c3ccccc23)C(=O)Nc2c(C)cc(Cl)cc21. The molecule has 206 valence electrons. The highest BCUT2D eigenvalue weighted by atomic mass is 35.5. The first kappa shape index (κ1) is 25.5. The molecule has 0 unspecified atom stereocenters. The smallest absolute Gasteiger partial charge is 0.339 e. The number of aromatic amines is 1. The summed E-state index contributed by atoms with van der Waals surface area (Å²) in [7, 11) is 1.24. The molecule has 3 aliphatic heterocycles. The standard InChI is InChI=1S/C31H25ClN4O5/c1-15-11-17(32)13-20-26(15)34-30(40)31(20)25-24(22(35-31)12-16-14-33-21-9-5-3-7-18(16)21)27(37)36(28(25)38)23-10-6-4-8-19(23)29(39)41-2/h3-11,13-14,22,24-25,33,35H,12H2,1-2H3,(H,34,40)/t22-,24-,25+,31-/m1/s1. The van der Waals surface area contributed by atoms with E-state index in [4.69, 9.17) is 16.3 Å². The van der Waals surface area contributed by atoms with Crippen molar-refractivity contribution in [2.45, 2.75) is 24.9 Å². The van der Waals surface area contributed by atoms with Crippen molar-refractivity contribution < 1.29 is 23.9 Å². The first-order valence-corrected chi connectivity index (χ1v) is 13.6. The molecule has 4 atom stereocenters. The molecule has 2 saturated heterocycles. The number of imide groups is 1. The number of H-pyrrole nitrogens is 1. The second-order valence-electron chi connectivity index (χ2n) is 10.7. The summed E-state index contributed by atoms with van der Waals surface area (Å²) >= 11 is 6.47. The Morgan fingerprint density at radius 1 is 1.05 bits per heavy atom. The van der Waals surface area contributed by atoms with Crippen LogP contribution in [-0.2, 0) is 31.1 Å². The molecule has 3 N–H and O–H groups in total. The number of carbonyl (C=O) groups excluding carboxylic acids is 4. The van der Waals surface area contributed by atoms with Gasteiger partial charge in [0.25, 0.3) is 0 Å². The third-order valence-corrected chi connectivity index (χ3v) is 8.87. The average molecular weight is 569 g/mol. The van der Waals surface area contributed by atoms with Crippen molar-refractivity contribution in [2.75, 3.05) is 17.3 Å². The van der Waals surface area contributed by atoms with E-state index in [1.807, 2.05) is 37.4 Å². The maximum atomic E-state index is 14.4. The molecule has 0 aliphatic carbocycles. The highest BCUT2D eigenvalue weighted by molar-refractivity contribution is 6.31. The van der Waals surface area contributed by atoms with Gasteiger partial charge in [-0.05, 0) is 54.8 Å². The molecule has 3 amide bonds. The van der Waals surface area contributed by atoms with E-state index < -0.39 is 47.1 Å². The van der Waals surface area contributed by atoms with Gasteiger partial charge in [0.1, 0.15) is 5.54 Å². The number of nitrogens with one attached hydrogen (secondary N) is 3. The van der Waals surface area contributed by atoms with E-state index >= 15 is 0 Å². The number of amides is 3. The van der Waals surface area contributed by atoms with Crippen LogP contribution < -0.4 is 15.5 Å². The van der Waals surface area contributed by atoms with Crippen LogP contribution in [0.15, 0.2) is 66.9 Å². The Hall–Kier alpha value is -4.47. The van der Waals surface area contributed by atoms with Crippen LogP contribution in [0.1, 0.15) is 27.0 Å². The number of fused-ring (bicyclic) bond motifs is 5. The third-order valence-electron chi connectivity index (χ3n) is 8.65. The minimum atomic E-state index is -1.53. The van der Waals surface area contributed by atoms with E-state index in [-0.39, 0.29) is 11.3 Å². The first-order chi connectivity index (χ1) is 19.8. The Bertz CT molecular complexity index is 1820. The number of methoxy groups -OCH3 is 1. The molecule has 4 aromatic rings. The van der Waals surface area contributed by atoms with Gasteiger partial charge in [-0.1, -0.05) is 41.9 Å². The van der Waals surface area contributed by atoms with E-state index in [1.165, 1.54) is 13.2 Å². The number of benzene rings is 3. The Labute approximate surface area is 239 Å². The largest absolute Gasteiger partial charge is 0.465 e. The number of rotatable bonds is 4. The zero-order valence-electron chi connectivity index (χ0n) is 22.2. The highest BCUT2D eigenvalue weighted by Gasteiger charge is 2.71. The quantitative estimate of drug-likeness (QED) is 0.252. The molecule has 0 bridgehead atoms. The van der Waals surface area contributed by atoms with Crippen LogP contribution in [-0.4, -0.2) is 41.8 Å². The molecule has 4 heterocycles. The number of carbonyl (C=O) groups is 4. The molecule has 9 nitrogen and oxygen atoms in total. The normalized spacial score (nSPS) is 24.7. The van der Waals surface area contributed by atoms with Crippen LogP contribution in [0.2, 0.25) is 5.02 Å². The predicted octanol–water partition coefficient (Wildman–Crippen LogP) is 4.08. The highest BCUT2D eigenvalue weighted by Crippen LogP contribution is 2.55. The minimum absolute atomic E-state index is 0.0852. The number of para-hydroxylation sites is 2. The van der Waals surface area contributed by atoms with Gasteiger partial charge in [0, 0.05) is 39.4 Å². The van der Waals surface area contributed by atoms with Crippen LogP contribution in [0, 0.1) is 18.8 Å². The van der Waals surface area contributed by atoms with Crippen molar-refractivity contribution in [3.63, 3.8) is 0 Å². The summed E-state index contributed by atoms with van der Waals surface area (Å²) in [6, 6.07) is 17.0. The summed E-state index contributed by atoms with van der Waals surface area (Å²) in [5.41, 5.74) is 2.44. The lowest BCUT2D eigenvalue weighted by Crippen LogP contribution is -2.53. The first-order valence-electron chi connectivity index (χ1n) is 13.3. The lowest BCUT2D eigenvalue weighted by atomic mass is 9.76. The van der Waals surface area contributed by atoms with Crippen LogP contribution in [0.3, 0.4) is 0 Å². The molecule has 41 heavy (non-hydrogen) atoms. The summed E-state index contributed by atoms with van der Waals surface area (Å²) in [6.07, 6.45) is 2.27. The van der Waals surface area contributed by atoms with Crippen molar-refractivity contribution in [3.8, 4) is 0 Å². The van der Waals surface area contributed by atoms with Gasteiger partial charge in [0.05, 0.1) is 30.2 Å². The van der Waals surface area contributed by atoms with Gasteiger partial charge in [-0.15, -0.1) is 0 Å². The molecule has 3 aromatic carbocycles. The Kier molecular flexibility index (Phi) is 5.61. The van der Waals surface area contributed by atoms with Gasteiger partial charge in [0.15, 0.2) is 0 Å². The fourth-order valence-electron chi connectivity index (χ4n) is 6.93. The maximum absolute atomic E-state index is 14.4. The number of ether oxygens (including phenoxy) is 1. The van der Waals surface area contributed by atoms with Crippen molar-refractivity contribution in [1.29, 1.82) is 0 Å². The molecule has 2 fully saturated rings. The van der Waals surface area contributed by atoms with Gasteiger partial charge < -0.3 is 15.0 Å². The number of anilines is 2. The molecule has 7 rings (SSSR count). The monoisotopic (exact) mass is 568 g/mol. The molecule has 1 spiro atoms. The number of hydrogen-bond acceptors (Lipinski definition) is 6. The third kappa shape index (κ3) is 3.45. The maximum Gasteiger partial charge on any atom is 0.339 e. The summed E-state index contributed by atoms with van der Waals surface area (Å²) in [6.45, 7) is 1.83. The van der Waals surface area contributed by atoms with Gasteiger partial charge in [0.2, 0.25) is 17.7 Å². The van der Waals surface area contributed by atoms with E-state index in [2.05, 4.69) is 15.6 Å². The second kappa shape index (κ2) is 9.02. The fraction of sp³-hybridized carbons (Fsp3) is 0.226. The molecule has 3 aliphatic rings. The molecule has 0 radical (unpaired) electrons. The molecule has 0 saturated carbocycles. The Morgan fingerprint density at radius 3 is 2.61 bits per heavy atom.